The van der Waals surface area contributed by atoms with E-state index in [-0.39, 0.29) is 11.3 Å². The molecule has 0 spiro atoms. The Morgan fingerprint density at radius 2 is 1.69 bits per heavy atom. The summed E-state index contributed by atoms with van der Waals surface area (Å²) in [5.74, 6) is -0.432. The molecule has 1 N–H and O–H groups in total. The van der Waals surface area contributed by atoms with Gasteiger partial charge in [0, 0.05) is 22.9 Å². The fraction of sp³-hybridized carbons (Fsp3) is 0.0952. The number of aromatic nitrogens is 3. The topological polar surface area (TPSA) is 103 Å². The van der Waals surface area contributed by atoms with Crippen molar-refractivity contribution < 1.29 is 9.72 Å². The third-order valence-electron chi connectivity index (χ3n) is 4.57. The van der Waals surface area contributed by atoms with E-state index in [4.69, 9.17) is 0 Å². The Morgan fingerprint density at radius 3 is 2.41 bits per heavy atom. The molecule has 0 aliphatic carbocycles. The van der Waals surface area contributed by atoms with Gasteiger partial charge in [-0.3, -0.25) is 14.9 Å². The molecule has 4 aromatic rings. The van der Waals surface area contributed by atoms with Gasteiger partial charge in [0.05, 0.1) is 10.6 Å². The number of amides is 1. The second-order valence-corrected chi connectivity index (χ2v) is 6.74. The first kappa shape index (κ1) is 18.3. The van der Waals surface area contributed by atoms with E-state index in [1.54, 1.807) is 42.1 Å². The Morgan fingerprint density at radius 1 is 0.966 bits per heavy atom. The smallest absolute Gasteiger partial charge is 0.273 e. The van der Waals surface area contributed by atoms with Gasteiger partial charge < -0.3 is 5.32 Å². The molecule has 0 unspecified atom stereocenters. The first-order valence-electron chi connectivity index (χ1n) is 8.91. The quantitative estimate of drug-likeness (QED) is 0.418. The van der Waals surface area contributed by atoms with Crippen LogP contribution in [0.5, 0.6) is 0 Å². The van der Waals surface area contributed by atoms with Gasteiger partial charge in [-0.05, 0) is 50.2 Å². The van der Waals surface area contributed by atoms with Crippen LogP contribution in [-0.2, 0) is 0 Å². The molecule has 8 nitrogen and oxygen atoms in total. The number of hydrogen-bond acceptors (Lipinski definition) is 5. The Kier molecular flexibility index (Phi) is 4.52. The number of aryl methyl sites for hydroxylation is 2. The van der Waals surface area contributed by atoms with Gasteiger partial charge in [0.2, 0.25) is 0 Å². The average molecular weight is 387 g/mol. The lowest BCUT2D eigenvalue weighted by molar-refractivity contribution is -0.385. The lowest BCUT2D eigenvalue weighted by Gasteiger charge is -2.06. The maximum Gasteiger partial charge on any atom is 0.273 e. The van der Waals surface area contributed by atoms with Gasteiger partial charge in [-0.25, -0.2) is 0 Å². The van der Waals surface area contributed by atoms with Crippen molar-refractivity contribution in [2.45, 2.75) is 13.8 Å². The van der Waals surface area contributed by atoms with Crippen LogP contribution in [0.1, 0.15) is 21.5 Å². The highest BCUT2D eigenvalue weighted by Crippen LogP contribution is 2.22. The van der Waals surface area contributed by atoms with E-state index in [0.29, 0.717) is 22.3 Å². The number of anilines is 1. The highest BCUT2D eigenvalue weighted by Gasteiger charge is 2.15. The Hall–Kier alpha value is -4.07. The standard InChI is InChI=1S/C21H17N5O3/c1-13-3-8-17(9-4-13)25-23-18-10-7-16(12-19(18)24-25)22-21(27)15-6-5-14(2)20(11-15)26(28)29/h3-12H,1-2H3,(H,22,27). The highest BCUT2D eigenvalue weighted by molar-refractivity contribution is 6.05. The van der Waals surface area contributed by atoms with Crippen molar-refractivity contribution in [3.8, 4) is 5.69 Å². The number of nitro groups is 1. The third kappa shape index (κ3) is 3.68. The lowest BCUT2D eigenvalue weighted by atomic mass is 10.1. The van der Waals surface area contributed by atoms with Gasteiger partial charge in [0.25, 0.3) is 11.6 Å². The molecule has 144 valence electrons. The molecule has 4 rings (SSSR count). The minimum absolute atomic E-state index is 0.0888. The minimum atomic E-state index is -0.498. The molecule has 0 radical (unpaired) electrons. The van der Waals surface area contributed by atoms with Gasteiger partial charge in [0.15, 0.2) is 0 Å². The zero-order valence-corrected chi connectivity index (χ0v) is 15.8. The van der Waals surface area contributed by atoms with Gasteiger partial charge in [-0.1, -0.05) is 23.8 Å². The molecule has 0 saturated carbocycles. The van der Waals surface area contributed by atoms with Crippen LogP contribution in [0.3, 0.4) is 0 Å². The molecule has 1 amide bonds. The summed E-state index contributed by atoms with van der Waals surface area (Å²) in [7, 11) is 0. The summed E-state index contributed by atoms with van der Waals surface area (Å²) < 4.78 is 0. The molecule has 0 aliphatic heterocycles. The Bertz CT molecular complexity index is 1250. The van der Waals surface area contributed by atoms with Crippen molar-refractivity contribution in [2.75, 3.05) is 5.32 Å². The largest absolute Gasteiger partial charge is 0.322 e. The van der Waals surface area contributed by atoms with E-state index >= 15 is 0 Å². The van der Waals surface area contributed by atoms with Crippen molar-refractivity contribution in [2.24, 2.45) is 0 Å². The SMILES string of the molecule is Cc1ccc(-n2nc3ccc(NC(=O)c4ccc(C)c([N+](=O)[O-])c4)cc3n2)cc1. The molecule has 0 fully saturated rings. The molecule has 29 heavy (non-hydrogen) atoms. The summed E-state index contributed by atoms with van der Waals surface area (Å²) in [5, 5.41) is 22.8. The maximum absolute atomic E-state index is 12.5. The average Bonchev–Trinajstić information content (AvgIpc) is 3.12. The molecule has 0 aliphatic rings. The molecule has 0 saturated heterocycles. The Labute approximate surface area is 165 Å². The number of carbonyl (C=O) groups excluding carboxylic acids is 1. The van der Waals surface area contributed by atoms with Crippen LogP contribution in [0.15, 0.2) is 60.7 Å². The number of rotatable bonds is 4. The zero-order chi connectivity index (χ0) is 20.5. The van der Waals surface area contributed by atoms with Crippen molar-refractivity contribution in [3.05, 3.63) is 87.5 Å². The zero-order valence-electron chi connectivity index (χ0n) is 15.8. The maximum atomic E-state index is 12.5. The summed E-state index contributed by atoms with van der Waals surface area (Å²) in [4.78, 5) is 24.7. The summed E-state index contributed by atoms with van der Waals surface area (Å²) >= 11 is 0. The van der Waals surface area contributed by atoms with Crippen LogP contribution >= 0.6 is 0 Å². The summed E-state index contributed by atoms with van der Waals surface area (Å²) in [6, 6.07) is 17.4. The van der Waals surface area contributed by atoms with Gasteiger partial charge in [-0.2, -0.15) is 4.80 Å². The summed E-state index contributed by atoms with van der Waals surface area (Å²) in [6.45, 7) is 3.64. The monoisotopic (exact) mass is 387 g/mol. The number of fused-ring (bicyclic) bond motifs is 1. The van der Waals surface area contributed by atoms with Crippen molar-refractivity contribution in [1.82, 2.24) is 15.0 Å². The van der Waals surface area contributed by atoms with Crippen LogP contribution in [0.25, 0.3) is 16.7 Å². The molecular weight excluding hydrogens is 370 g/mol. The van der Waals surface area contributed by atoms with E-state index in [1.807, 2.05) is 31.2 Å². The number of carbonyl (C=O) groups is 1. The van der Waals surface area contributed by atoms with Crippen molar-refractivity contribution >= 4 is 28.3 Å². The minimum Gasteiger partial charge on any atom is -0.322 e. The fourth-order valence-corrected chi connectivity index (χ4v) is 2.94. The van der Waals surface area contributed by atoms with Crippen molar-refractivity contribution in [3.63, 3.8) is 0 Å². The van der Waals surface area contributed by atoms with E-state index in [2.05, 4.69) is 15.5 Å². The first-order chi connectivity index (χ1) is 13.9. The predicted molar refractivity (Wildman–Crippen MR) is 109 cm³/mol. The molecule has 1 aromatic heterocycles. The third-order valence-corrected chi connectivity index (χ3v) is 4.57. The fourth-order valence-electron chi connectivity index (χ4n) is 2.94. The summed E-state index contributed by atoms with van der Waals surface area (Å²) in [5.41, 5.74) is 4.45. The molecule has 0 bridgehead atoms. The predicted octanol–water partition coefficient (Wildman–Crippen LogP) is 4.20. The van der Waals surface area contributed by atoms with Crippen LogP contribution in [0.4, 0.5) is 11.4 Å². The molecule has 0 atom stereocenters. The molecule has 1 heterocycles. The number of nitrogens with one attached hydrogen (secondary N) is 1. The van der Waals surface area contributed by atoms with Crippen LogP contribution < -0.4 is 5.32 Å². The number of benzene rings is 3. The summed E-state index contributed by atoms with van der Waals surface area (Å²) in [6.07, 6.45) is 0. The number of nitrogens with zero attached hydrogens (tertiary/aromatic N) is 4. The van der Waals surface area contributed by atoms with E-state index in [0.717, 1.165) is 11.3 Å². The van der Waals surface area contributed by atoms with E-state index < -0.39 is 10.8 Å². The van der Waals surface area contributed by atoms with Crippen LogP contribution in [0, 0.1) is 24.0 Å². The van der Waals surface area contributed by atoms with Crippen LogP contribution in [0.2, 0.25) is 0 Å². The molecule has 3 aromatic carbocycles. The second-order valence-electron chi connectivity index (χ2n) is 6.74. The van der Waals surface area contributed by atoms with E-state index in [9.17, 15) is 14.9 Å². The first-order valence-corrected chi connectivity index (χ1v) is 8.91. The number of nitro benzene ring substituents is 1. The van der Waals surface area contributed by atoms with Gasteiger partial charge in [-0.15, -0.1) is 10.2 Å². The Balaban J connectivity index is 1.60. The molecule has 8 heteroatoms. The van der Waals surface area contributed by atoms with Crippen LogP contribution in [-0.4, -0.2) is 25.8 Å². The highest BCUT2D eigenvalue weighted by atomic mass is 16.6. The molecular formula is C21H17N5O3. The van der Waals surface area contributed by atoms with Crippen molar-refractivity contribution in [1.29, 1.82) is 0 Å². The second kappa shape index (κ2) is 7.16. The van der Waals surface area contributed by atoms with Gasteiger partial charge >= 0.3 is 0 Å². The van der Waals surface area contributed by atoms with Gasteiger partial charge in [0.1, 0.15) is 11.0 Å². The number of hydrogen-bond donors (Lipinski definition) is 1. The van der Waals surface area contributed by atoms with E-state index in [1.165, 1.54) is 6.07 Å². The normalized spacial score (nSPS) is 10.8. The lowest BCUT2D eigenvalue weighted by Crippen LogP contribution is -2.12.